The molecule has 0 radical (unpaired) electrons. The molecule has 4 rings (SSSR count). The fourth-order valence-electron chi connectivity index (χ4n) is 4.97. The van der Waals surface area contributed by atoms with E-state index >= 15 is 0 Å². The molecule has 194 valence electrons. The van der Waals surface area contributed by atoms with E-state index in [2.05, 4.69) is 5.32 Å². The first-order chi connectivity index (χ1) is 17.0. The first-order valence-electron chi connectivity index (χ1n) is 12.6. The van der Waals surface area contributed by atoms with Gasteiger partial charge < -0.3 is 20.5 Å². The predicted octanol–water partition coefficient (Wildman–Crippen LogP) is 4.85. The Balaban J connectivity index is 0.00000361. The molecular weight excluding hydrogens is 478 g/mol. The van der Waals surface area contributed by atoms with Gasteiger partial charge in [0.2, 0.25) is 5.91 Å². The van der Waals surface area contributed by atoms with Crippen molar-refractivity contribution < 1.29 is 19.1 Å². The van der Waals surface area contributed by atoms with E-state index in [-0.39, 0.29) is 48.5 Å². The summed E-state index contributed by atoms with van der Waals surface area (Å²) in [7, 11) is 0. The maximum Gasteiger partial charge on any atom is 0.306 e. The molecule has 1 aliphatic heterocycles. The van der Waals surface area contributed by atoms with Crippen LogP contribution in [0.3, 0.4) is 0 Å². The Morgan fingerprint density at radius 1 is 1.00 bits per heavy atom. The molecule has 1 amide bonds. The number of hydrogen-bond acceptors (Lipinski definition) is 5. The largest absolute Gasteiger partial charge is 0.491 e. The number of nitrogens with two attached hydrogens (primary N) is 1. The highest BCUT2D eigenvalue weighted by molar-refractivity contribution is 5.95. The lowest BCUT2D eigenvalue weighted by molar-refractivity contribution is -0.146. The van der Waals surface area contributed by atoms with Gasteiger partial charge in [-0.15, -0.1) is 12.4 Å². The molecular formula is C28H36ClN3O4. The van der Waals surface area contributed by atoms with Gasteiger partial charge in [-0.1, -0.05) is 68.5 Å². The summed E-state index contributed by atoms with van der Waals surface area (Å²) in [6, 6.07) is 15.1. The lowest BCUT2D eigenvalue weighted by atomic mass is 9.87. The molecule has 2 aliphatic rings. The van der Waals surface area contributed by atoms with Crippen LogP contribution in [-0.4, -0.2) is 37.0 Å². The van der Waals surface area contributed by atoms with E-state index in [0.717, 1.165) is 17.5 Å². The van der Waals surface area contributed by atoms with Crippen LogP contribution >= 0.6 is 12.4 Å². The summed E-state index contributed by atoms with van der Waals surface area (Å²) in [5.74, 6) is 0.698. The van der Waals surface area contributed by atoms with Crippen LogP contribution in [0.2, 0.25) is 0 Å². The number of carbonyl (C=O) groups is 2. The van der Waals surface area contributed by atoms with Gasteiger partial charge in [0.25, 0.3) is 0 Å². The van der Waals surface area contributed by atoms with Gasteiger partial charge in [0.05, 0.1) is 25.0 Å². The van der Waals surface area contributed by atoms with Gasteiger partial charge in [-0.3, -0.25) is 15.0 Å². The minimum atomic E-state index is -0.355. The quantitative estimate of drug-likeness (QED) is 0.239. The highest BCUT2D eigenvalue weighted by Gasteiger charge is 2.34. The van der Waals surface area contributed by atoms with Crippen LogP contribution in [0.1, 0.15) is 56.9 Å². The second-order valence-electron chi connectivity index (χ2n) is 9.68. The first kappa shape index (κ1) is 27.5. The number of rotatable bonds is 10. The molecule has 2 aromatic carbocycles. The second kappa shape index (κ2) is 13.3. The van der Waals surface area contributed by atoms with Gasteiger partial charge in [-0.2, -0.15) is 0 Å². The summed E-state index contributed by atoms with van der Waals surface area (Å²) in [5.41, 5.74) is 8.26. The SMILES string of the molecule is Cl.N=C(N)c1ccc(-c2ccc(OC[C@@H]3C[C@@H](CC(=O)OCCC4CCCCC4)C(=O)N3)cc2)cc1. The smallest absolute Gasteiger partial charge is 0.306 e. The van der Waals surface area contributed by atoms with Crippen LogP contribution in [0.15, 0.2) is 48.5 Å². The van der Waals surface area contributed by atoms with Crippen molar-refractivity contribution in [1.82, 2.24) is 5.32 Å². The van der Waals surface area contributed by atoms with E-state index in [1.165, 1.54) is 32.1 Å². The molecule has 8 heteroatoms. The predicted molar refractivity (Wildman–Crippen MR) is 142 cm³/mol. The summed E-state index contributed by atoms with van der Waals surface area (Å²) in [6.07, 6.45) is 7.99. The fraction of sp³-hybridized carbons (Fsp3) is 0.464. The van der Waals surface area contributed by atoms with Gasteiger partial charge in [-0.25, -0.2) is 0 Å². The molecule has 0 bridgehead atoms. The van der Waals surface area contributed by atoms with E-state index in [4.69, 9.17) is 20.6 Å². The molecule has 4 N–H and O–H groups in total. The van der Waals surface area contributed by atoms with Crippen LogP contribution in [0.4, 0.5) is 0 Å². The number of esters is 1. The molecule has 2 atom stereocenters. The number of halogens is 1. The topological polar surface area (TPSA) is 115 Å². The van der Waals surface area contributed by atoms with Crippen LogP contribution in [0.5, 0.6) is 5.75 Å². The number of nitrogens with one attached hydrogen (secondary N) is 2. The standard InChI is InChI=1S/C28H35N3O4.ClH/c29-27(30)22-8-6-20(7-9-22)21-10-12-25(13-11-21)35-18-24-16-23(28(33)31-24)17-26(32)34-15-14-19-4-2-1-3-5-19;/h6-13,19,23-24H,1-5,14-18H2,(H3,29,30)(H,31,33);1H/t23-,24-;/m0./s1. The van der Waals surface area contributed by atoms with E-state index in [1.54, 1.807) is 0 Å². The average Bonchev–Trinajstić information content (AvgIpc) is 3.22. The lowest BCUT2D eigenvalue weighted by Crippen LogP contribution is -2.31. The van der Waals surface area contributed by atoms with Gasteiger partial charge in [0.15, 0.2) is 0 Å². The van der Waals surface area contributed by atoms with Crippen LogP contribution in [0, 0.1) is 17.2 Å². The minimum Gasteiger partial charge on any atom is -0.491 e. The highest BCUT2D eigenvalue weighted by Crippen LogP contribution is 2.27. The molecule has 0 aromatic heterocycles. The van der Waals surface area contributed by atoms with Gasteiger partial charge in [0, 0.05) is 5.56 Å². The van der Waals surface area contributed by atoms with Crippen molar-refractivity contribution in [2.75, 3.05) is 13.2 Å². The molecule has 2 fully saturated rings. The molecule has 1 saturated carbocycles. The Morgan fingerprint density at radius 2 is 1.64 bits per heavy atom. The van der Waals surface area contributed by atoms with Gasteiger partial charge in [0.1, 0.15) is 18.2 Å². The first-order valence-corrected chi connectivity index (χ1v) is 12.6. The number of benzene rings is 2. The molecule has 1 aliphatic carbocycles. The summed E-state index contributed by atoms with van der Waals surface area (Å²) in [6.45, 7) is 0.812. The Bertz CT molecular complexity index is 1020. The molecule has 0 unspecified atom stereocenters. The van der Waals surface area contributed by atoms with E-state index in [1.807, 2.05) is 48.5 Å². The van der Waals surface area contributed by atoms with Gasteiger partial charge in [-0.05, 0) is 42.0 Å². The maximum atomic E-state index is 12.3. The van der Waals surface area contributed by atoms with Crippen molar-refractivity contribution in [1.29, 1.82) is 5.41 Å². The van der Waals surface area contributed by atoms with Crippen LogP contribution in [-0.2, 0) is 14.3 Å². The van der Waals surface area contributed by atoms with Crippen molar-refractivity contribution in [2.45, 2.75) is 57.4 Å². The van der Waals surface area contributed by atoms with Gasteiger partial charge >= 0.3 is 5.97 Å². The fourth-order valence-corrected chi connectivity index (χ4v) is 4.97. The highest BCUT2D eigenvalue weighted by atomic mass is 35.5. The Morgan fingerprint density at radius 3 is 2.28 bits per heavy atom. The number of amides is 1. The Labute approximate surface area is 219 Å². The molecule has 36 heavy (non-hydrogen) atoms. The van der Waals surface area contributed by atoms with Crippen molar-refractivity contribution in [2.24, 2.45) is 17.6 Å². The van der Waals surface area contributed by atoms with E-state index in [0.29, 0.717) is 36.9 Å². The van der Waals surface area contributed by atoms with Crippen molar-refractivity contribution in [3.05, 3.63) is 54.1 Å². The zero-order chi connectivity index (χ0) is 24.6. The number of amidine groups is 1. The van der Waals surface area contributed by atoms with E-state index in [9.17, 15) is 9.59 Å². The zero-order valence-corrected chi connectivity index (χ0v) is 21.4. The summed E-state index contributed by atoms with van der Waals surface area (Å²) >= 11 is 0. The zero-order valence-electron chi connectivity index (χ0n) is 20.5. The third-order valence-corrected chi connectivity index (χ3v) is 7.05. The number of hydrogen-bond donors (Lipinski definition) is 3. The molecule has 2 aromatic rings. The number of nitrogen functional groups attached to an aromatic ring is 1. The third kappa shape index (κ3) is 7.72. The lowest BCUT2D eigenvalue weighted by Gasteiger charge is -2.21. The van der Waals surface area contributed by atoms with Crippen molar-refractivity contribution in [3.8, 4) is 16.9 Å². The second-order valence-corrected chi connectivity index (χ2v) is 9.68. The molecule has 1 heterocycles. The minimum absolute atomic E-state index is 0. The summed E-state index contributed by atoms with van der Waals surface area (Å²) in [4.78, 5) is 24.5. The monoisotopic (exact) mass is 513 g/mol. The Hall–Kier alpha value is -3.06. The number of ether oxygens (including phenoxy) is 2. The maximum absolute atomic E-state index is 12.3. The molecule has 7 nitrogen and oxygen atoms in total. The summed E-state index contributed by atoms with van der Waals surface area (Å²) < 4.78 is 11.3. The van der Waals surface area contributed by atoms with Crippen LogP contribution < -0.4 is 15.8 Å². The van der Waals surface area contributed by atoms with E-state index < -0.39 is 0 Å². The third-order valence-electron chi connectivity index (χ3n) is 7.05. The van der Waals surface area contributed by atoms with Crippen molar-refractivity contribution >= 4 is 30.1 Å². The molecule has 0 spiro atoms. The van der Waals surface area contributed by atoms with Crippen molar-refractivity contribution in [3.63, 3.8) is 0 Å². The Kier molecular flexibility index (Phi) is 10.2. The number of carbonyl (C=O) groups excluding carboxylic acids is 2. The van der Waals surface area contributed by atoms with Crippen LogP contribution in [0.25, 0.3) is 11.1 Å². The average molecular weight is 514 g/mol. The normalized spacial score (nSPS) is 19.7. The summed E-state index contributed by atoms with van der Waals surface area (Å²) in [5, 5.41) is 10.4. The molecule has 1 saturated heterocycles.